The van der Waals surface area contributed by atoms with E-state index in [-0.39, 0.29) is 18.4 Å². The average Bonchev–Trinajstić information content (AvgIpc) is 2.68. The van der Waals surface area contributed by atoms with Gasteiger partial charge in [0.05, 0.1) is 34.2 Å². The molecular formula is C26H52NO4+. The highest BCUT2D eigenvalue weighted by molar-refractivity contribution is 5.72. The van der Waals surface area contributed by atoms with Crippen LogP contribution in [0.4, 0.5) is 0 Å². The molecule has 1 atom stereocenters. The van der Waals surface area contributed by atoms with Gasteiger partial charge >= 0.3 is 11.9 Å². The van der Waals surface area contributed by atoms with Crippen LogP contribution in [-0.4, -0.2) is 56.8 Å². The summed E-state index contributed by atoms with van der Waals surface area (Å²) in [7, 11) is 6.12. The standard InChI is InChI=1S/C26H52NO4/c1-6-8-10-12-13-14-15-17-19-21-30-26(29)22-24(23-27(3,4)5)31-25(28)20-18-16-11-9-7-2/h24H,6-23H2,1-5H3/q+1/t24-/m1/s1. The predicted octanol–water partition coefficient (Wildman–Crippen LogP) is 6.43. The minimum atomic E-state index is -0.418. The largest absolute Gasteiger partial charge is 0.466 e. The van der Waals surface area contributed by atoms with Gasteiger partial charge in [-0.15, -0.1) is 0 Å². The van der Waals surface area contributed by atoms with Crippen LogP contribution in [0.5, 0.6) is 0 Å². The fraction of sp³-hybridized carbons (Fsp3) is 0.923. The lowest BCUT2D eigenvalue weighted by Gasteiger charge is -2.28. The number of esters is 2. The molecular weight excluding hydrogens is 390 g/mol. The molecule has 0 aliphatic carbocycles. The van der Waals surface area contributed by atoms with Crippen molar-refractivity contribution in [3.05, 3.63) is 0 Å². The highest BCUT2D eigenvalue weighted by Crippen LogP contribution is 2.12. The number of hydrogen-bond acceptors (Lipinski definition) is 4. The van der Waals surface area contributed by atoms with E-state index >= 15 is 0 Å². The zero-order valence-corrected chi connectivity index (χ0v) is 21.4. The second-order valence-electron chi connectivity index (χ2n) is 10.0. The van der Waals surface area contributed by atoms with Crippen LogP contribution >= 0.6 is 0 Å². The van der Waals surface area contributed by atoms with Gasteiger partial charge < -0.3 is 14.0 Å². The minimum absolute atomic E-state index is 0.147. The molecule has 0 aromatic heterocycles. The Morgan fingerprint density at radius 1 is 0.677 bits per heavy atom. The monoisotopic (exact) mass is 442 g/mol. The lowest BCUT2D eigenvalue weighted by atomic mass is 10.1. The summed E-state index contributed by atoms with van der Waals surface area (Å²) >= 11 is 0. The predicted molar refractivity (Wildman–Crippen MR) is 129 cm³/mol. The Balaban J connectivity index is 4.05. The highest BCUT2D eigenvalue weighted by atomic mass is 16.6. The van der Waals surface area contributed by atoms with E-state index in [0.717, 1.165) is 32.1 Å². The fourth-order valence-electron chi connectivity index (χ4n) is 3.72. The number of carbonyl (C=O) groups is 2. The van der Waals surface area contributed by atoms with Crippen molar-refractivity contribution in [3.63, 3.8) is 0 Å². The van der Waals surface area contributed by atoms with Crippen molar-refractivity contribution in [1.82, 2.24) is 0 Å². The topological polar surface area (TPSA) is 52.6 Å². The molecule has 0 fully saturated rings. The number of quaternary nitrogens is 1. The first-order valence-electron chi connectivity index (χ1n) is 12.9. The number of nitrogens with zero attached hydrogens (tertiary/aromatic N) is 1. The molecule has 0 bridgehead atoms. The van der Waals surface area contributed by atoms with Gasteiger partial charge in [-0.2, -0.15) is 0 Å². The number of unbranched alkanes of at least 4 members (excludes halogenated alkanes) is 12. The Hall–Kier alpha value is -1.10. The van der Waals surface area contributed by atoms with Crippen molar-refractivity contribution < 1.29 is 23.5 Å². The number of carbonyl (C=O) groups excluding carboxylic acids is 2. The normalized spacial score (nSPS) is 12.5. The summed E-state index contributed by atoms with van der Waals surface area (Å²) in [4.78, 5) is 24.5. The average molecular weight is 443 g/mol. The summed E-state index contributed by atoms with van der Waals surface area (Å²) in [5.74, 6) is -0.449. The van der Waals surface area contributed by atoms with Crippen LogP contribution in [0.25, 0.3) is 0 Å². The third-order valence-corrected chi connectivity index (χ3v) is 5.44. The lowest BCUT2D eigenvalue weighted by molar-refractivity contribution is -0.873. The van der Waals surface area contributed by atoms with Crippen LogP contribution < -0.4 is 0 Å². The van der Waals surface area contributed by atoms with Crippen LogP contribution in [0.1, 0.15) is 117 Å². The maximum absolute atomic E-state index is 12.3. The fourth-order valence-corrected chi connectivity index (χ4v) is 3.72. The zero-order chi connectivity index (χ0) is 23.4. The molecule has 0 saturated carbocycles. The molecule has 0 aromatic carbocycles. The molecule has 0 radical (unpaired) electrons. The molecule has 0 aliphatic rings. The third kappa shape index (κ3) is 21.9. The van der Waals surface area contributed by atoms with Gasteiger partial charge in [-0.25, -0.2) is 0 Å². The summed E-state index contributed by atoms with van der Waals surface area (Å²) in [6.07, 6.45) is 16.8. The lowest BCUT2D eigenvalue weighted by Crippen LogP contribution is -2.44. The number of hydrogen-bond donors (Lipinski definition) is 0. The Bertz CT molecular complexity index is 445. The van der Waals surface area contributed by atoms with Gasteiger partial charge in [0.25, 0.3) is 0 Å². The molecule has 0 saturated heterocycles. The molecule has 5 nitrogen and oxygen atoms in total. The molecule has 0 rings (SSSR count). The first-order chi connectivity index (χ1) is 14.8. The van der Waals surface area contributed by atoms with Crippen molar-refractivity contribution in [3.8, 4) is 0 Å². The first-order valence-corrected chi connectivity index (χ1v) is 12.9. The summed E-state index contributed by atoms with van der Waals surface area (Å²) in [5, 5.41) is 0. The molecule has 184 valence electrons. The van der Waals surface area contributed by atoms with Crippen LogP contribution in [0.2, 0.25) is 0 Å². The molecule has 0 N–H and O–H groups in total. The van der Waals surface area contributed by atoms with Gasteiger partial charge in [-0.05, 0) is 12.8 Å². The second kappa shape index (κ2) is 19.6. The summed E-state index contributed by atoms with van der Waals surface area (Å²) in [6.45, 7) is 5.50. The Labute approximate surface area is 192 Å². The van der Waals surface area contributed by atoms with E-state index in [1.165, 1.54) is 57.8 Å². The van der Waals surface area contributed by atoms with Crippen LogP contribution in [-0.2, 0) is 19.1 Å². The van der Waals surface area contributed by atoms with Gasteiger partial charge in [0.15, 0.2) is 6.10 Å². The van der Waals surface area contributed by atoms with Crippen LogP contribution in [0.3, 0.4) is 0 Å². The molecule has 31 heavy (non-hydrogen) atoms. The number of ether oxygens (including phenoxy) is 2. The molecule has 5 heteroatoms. The Morgan fingerprint density at radius 3 is 1.68 bits per heavy atom. The summed E-state index contributed by atoms with van der Waals surface area (Å²) in [6, 6.07) is 0. The van der Waals surface area contributed by atoms with Crippen molar-refractivity contribution >= 4 is 11.9 Å². The summed E-state index contributed by atoms with van der Waals surface area (Å²) < 4.78 is 11.7. The summed E-state index contributed by atoms with van der Waals surface area (Å²) in [5.41, 5.74) is 0. The van der Waals surface area contributed by atoms with Crippen LogP contribution in [0, 0.1) is 0 Å². The molecule has 0 aliphatic heterocycles. The van der Waals surface area contributed by atoms with Crippen molar-refractivity contribution in [2.75, 3.05) is 34.3 Å². The molecule has 0 spiro atoms. The first kappa shape index (κ1) is 29.9. The van der Waals surface area contributed by atoms with E-state index in [0.29, 0.717) is 24.1 Å². The number of rotatable bonds is 21. The SMILES string of the molecule is CCCCCCCCCCCOC(=O)C[C@H](C[N+](C)(C)C)OC(=O)CCCCCCC. The molecule has 0 heterocycles. The third-order valence-electron chi connectivity index (χ3n) is 5.44. The van der Waals surface area contributed by atoms with E-state index in [4.69, 9.17) is 9.47 Å². The van der Waals surface area contributed by atoms with Gasteiger partial charge in [0.2, 0.25) is 0 Å². The van der Waals surface area contributed by atoms with Crippen molar-refractivity contribution in [1.29, 1.82) is 0 Å². The van der Waals surface area contributed by atoms with E-state index in [1.807, 2.05) is 21.1 Å². The maximum Gasteiger partial charge on any atom is 0.309 e. The quantitative estimate of drug-likeness (QED) is 0.117. The van der Waals surface area contributed by atoms with Gasteiger partial charge in [-0.3, -0.25) is 9.59 Å². The smallest absolute Gasteiger partial charge is 0.309 e. The highest BCUT2D eigenvalue weighted by Gasteiger charge is 2.25. The van der Waals surface area contributed by atoms with Crippen molar-refractivity contribution in [2.24, 2.45) is 0 Å². The minimum Gasteiger partial charge on any atom is -0.466 e. The van der Waals surface area contributed by atoms with Crippen LogP contribution in [0.15, 0.2) is 0 Å². The van der Waals surface area contributed by atoms with E-state index in [9.17, 15) is 9.59 Å². The second-order valence-corrected chi connectivity index (χ2v) is 10.0. The van der Waals surface area contributed by atoms with Gasteiger partial charge in [0, 0.05) is 6.42 Å². The maximum atomic E-state index is 12.3. The van der Waals surface area contributed by atoms with Gasteiger partial charge in [-0.1, -0.05) is 90.9 Å². The van der Waals surface area contributed by atoms with E-state index in [2.05, 4.69) is 13.8 Å². The van der Waals surface area contributed by atoms with E-state index < -0.39 is 6.10 Å². The molecule has 0 unspecified atom stereocenters. The molecule has 0 amide bonds. The zero-order valence-electron chi connectivity index (χ0n) is 21.4. The Morgan fingerprint density at radius 2 is 1.16 bits per heavy atom. The number of likely N-dealkylation sites (N-methyl/N-ethyl adjacent to an activating group) is 1. The molecule has 0 aromatic rings. The van der Waals surface area contributed by atoms with Crippen molar-refractivity contribution in [2.45, 2.75) is 123 Å². The van der Waals surface area contributed by atoms with E-state index in [1.54, 1.807) is 0 Å². The van der Waals surface area contributed by atoms with Gasteiger partial charge in [0.1, 0.15) is 6.54 Å². The Kier molecular flexibility index (Phi) is 18.9.